The maximum Gasteiger partial charge on any atom is 0.322 e. The fourth-order valence-corrected chi connectivity index (χ4v) is 2.41. The number of ether oxygens (including phenoxy) is 1. The van der Waals surface area contributed by atoms with Gasteiger partial charge in [0, 0.05) is 5.75 Å². The van der Waals surface area contributed by atoms with Crippen molar-refractivity contribution in [3.05, 3.63) is 35.1 Å². The third kappa shape index (κ3) is 4.89. The van der Waals surface area contributed by atoms with Gasteiger partial charge >= 0.3 is 5.97 Å². The Labute approximate surface area is 115 Å². The highest BCUT2D eigenvalue weighted by Gasteiger charge is 2.13. The van der Waals surface area contributed by atoms with Gasteiger partial charge in [0.15, 0.2) is 0 Å². The van der Waals surface area contributed by atoms with E-state index >= 15 is 0 Å². The second kappa shape index (κ2) is 7.77. The molecule has 1 atom stereocenters. The van der Waals surface area contributed by atoms with E-state index in [0.29, 0.717) is 29.1 Å². The van der Waals surface area contributed by atoms with Gasteiger partial charge in [-0.2, -0.15) is 17.0 Å². The Morgan fingerprint density at radius 2 is 2.37 bits per heavy atom. The van der Waals surface area contributed by atoms with Crippen LogP contribution in [-0.2, 0) is 15.3 Å². The summed E-state index contributed by atoms with van der Waals surface area (Å²) in [4.78, 5) is 11.1. The Kier molecular flexibility index (Phi) is 6.33. The lowest BCUT2D eigenvalue weighted by Gasteiger charge is -2.08. The van der Waals surface area contributed by atoms with Crippen molar-refractivity contribution < 1.29 is 13.9 Å². The minimum atomic E-state index is -0.636. The van der Waals surface area contributed by atoms with Crippen molar-refractivity contribution in [2.75, 3.05) is 12.9 Å². The minimum Gasteiger partial charge on any atom is -0.468 e. The van der Waals surface area contributed by atoms with Crippen LogP contribution in [0.4, 0.5) is 4.39 Å². The smallest absolute Gasteiger partial charge is 0.322 e. The minimum absolute atomic E-state index is 0.305. The molecule has 0 aromatic heterocycles. The number of carbonyl (C=O) groups excluding carboxylic acids is 1. The second-order valence-corrected chi connectivity index (χ2v) is 4.99. The number of benzene rings is 1. The quantitative estimate of drug-likeness (QED) is 0.636. The third-order valence-corrected chi connectivity index (χ3v) is 3.56. The summed E-state index contributed by atoms with van der Waals surface area (Å²) in [6, 6.07) is 5.64. The molecule has 1 rings (SSSR count). The van der Waals surface area contributed by atoms with Gasteiger partial charge in [0.1, 0.15) is 11.9 Å². The summed E-state index contributed by atoms with van der Waals surface area (Å²) in [5.74, 6) is 0.287. The van der Waals surface area contributed by atoms with Crippen molar-refractivity contribution in [1.29, 1.82) is 5.26 Å². The fourth-order valence-electron chi connectivity index (χ4n) is 1.40. The zero-order valence-electron chi connectivity index (χ0n) is 10.6. The number of hydrogen-bond donors (Lipinski definition) is 1. The van der Waals surface area contributed by atoms with Gasteiger partial charge in [-0.1, -0.05) is 6.07 Å². The van der Waals surface area contributed by atoms with E-state index in [9.17, 15) is 9.18 Å². The van der Waals surface area contributed by atoms with E-state index in [0.717, 1.165) is 0 Å². The number of nitrogens with two attached hydrogens (primary N) is 1. The molecular formula is C13H15FN2O2S. The van der Waals surface area contributed by atoms with Gasteiger partial charge in [0.2, 0.25) is 0 Å². The molecule has 0 aliphatic rings. The summed E-state index contributed by atoms with van der Waals surface area (Å²) >= 11 is 1.48. The van der Waals surface area contributed by atoms with Crippen LogP contribution in [0.1, 0.15) is 17.5 Å². The second-order valence-electron chi connectivity index (χ2n) is 3.89. The van der Waals surface area contributed by atoms with Crippen LogP contribution in [0.5, 0.6) is 0 Å². The van der Waals surface area contributed by atoms with E-state index in [4.69, 9.17) is 11.0 Å². The lowest BCUT2D eigenvalue weighted by Crippen LogP contribution is -2.31. The highest BCUT2D eigenvalue weighted by molar-refractivity contribution is 7.98. The van der Waals surface area contributed by atoms with Crippen LogP contribution >= 0.6 is 11.8 Å². The number of nitriles is 1. The van der Waals surface area contributed by atoms with Crippen LogP contribution < -0.4 is 5.73 Å². The lowest BCUT2D eigenvalue weighted by molar-refractivity contribution is -0.142. The molecule has 1 unspecified atom stereocenters. The number of rotatable bonds is 6. The average Bonchev–Trinajstić information content (AvgIpc) is 2.43. The number of methoxy groups -OCH3 is 1. The molecule has 0 aliphatic heterocycles. The highest BCUT2D eigenvalue weighted by Crippen LogP contribution is 2.18. The number of thioether (sulfide) groups is 1. The van der Waals surface area contributed by atoms with Gasteiger partial charge < -0.3 is 10.5 Å². The molecule has 0 spiro atoms. The van der Waals surface area contributed by atoms with Crippen LogP contribution in [0.15, 0.2) is 18.2 Å². The van der Waals surface area contributed by atoms with Crippen molar-refractivity contribution in [2.24, 2.45) is 5.73 Å². The maximum atomic E-state index is 13.5. The molecule has 0 radical (unpaired) electrons. The van der Waals surface area contributed by atoms with Gasteiger partial charge in [-0.05, 0) is 29.9 Å². The summed E-state index contributed by atoms with van der Waals surface area (Å²) in [6.07, 6.45) is 0.481. The predicted molar refractivity (Wildman–Crippen MR) is 71.9 cm³/mol. The SMILES string of the molecule is COC(=O)C(N)CCSCc1ccc(C#N)cc1F. The molecule has 6 heteroatoms. The van der Waals surface area contributed by atoms with E-state index in [1.807, 2.05) is 6.07 Å². The van der Waals surface area contributed by atoms with Crippen molar-refractivity contribution >= 4 is 17.7 Å². The molecule has 19 heavy (non-hydrogen) atoms. The molecular weight excluding hydrogens is 267 g/mol. The van der Waals surface area contributed by atoms with E-state index in [2.05, 4.69) is 4.74 Å². The van der Waals surface area contributed by atoms with Crippen LogP contribution in [0, 0.1) is 17.1 Å². The van der Waals surface area contributed by atoms with Crippen molar-refractivity contribution in [1.82, 2.24) is 0 Å². The molecule has 0 fully saturated rings. The Morgan fingerprint density at radius 1 is 1.63 bits per heavy atom. The molecule has 0 bridgehead atoms. The monoisotopic (exact) mass is 282 g/mol. The van der Waals surface area contributed by atoms with E-state index in [1.54, 1.807) is 12.1 Å². The molecule has 2 N–H and O–H groups in total. The van der Waals surface area contributed by atoms with Crippen LogP contribution in [-0.4, -0.2) is 24.9 Å². The Balaban J connectivity index is 2.38. The van der Waals surface area contributed by atoms with Crippen LogP contribution in [0.2, 0.25) is 0 Å². The molecule has 4 nitrogen and oxygen atoms in total. The molecule has 1 aromatic rings. The molecule has 0 aliphatic carbocycles. The average molecular weight is 282 g/mol. The first-order valence-corrected chi connectivity index (χ1v) is 6.83. The summed E-state index contributed by atoms with van der Waals surface area (Å²) < 4.78 is 18.1. The van der Waals surface area contributed by atoms with Gasteiger partial charge in [-0.15, -0.1) is 0 Å². The van der Waals surface area contributed by atoms with Crippen LogP contribution in [0.3, 0.4) is 0 Å². The molecule has 0 heterocycles. The third-order valence-electron chi connectivity index (χ3n) is 2.52. The first-order valence-electron chi connectivity index (χ1n) is 5.68. The number of halogens is 1. The van der Waals surface area contributed by atoms with Gasteiger partial charge in [-0.25, -0.2) is 4.39 Å². The molecule has 0 saturated carbocycles. The number of carbonyl (C=O) groups is 1. The summed E-state index contributed by atoms with van der Waals surface area (Å²) in [7, 11) is 1.29. The molecule has 0 amide bonds. The molecule has 0 saturated heterocycles. The molecule has 102 valence electrons. The maximum absolute atomic E-state index is 13.5. The standard InChI is InChI=1S/C13H15FN2O2S/c1-18-13(17)12(16)4-5-19-8-10-3-2-9(7-15)6-11(10)14/h2-3,6,12H,4-5,8,16H2,1H3. The van der Waals surface area contributed by atoms with E-state index < -0.39 is 12.0 Å². The predicted octanol–water partition coefficient (Wildman–Crippen LogP) is 1.82. The lowest BCUT2D eigenvalue weighted by atomic mass is 10.1. The Bertz CT molecular complexity index is 488. The van der Waals surface area contributed by atoms with E-state index in [-0.39, 0.29) is 5.82 Å². The zero-order chi connectivity index (χ0) is 14.3. The molecule has 1 aromatic carbocycles. The number of nitrogens with zero attached hydrogens (tertiary/aromatic N) is 1. The number of hydrogen-bond acceptors (Lipinski definition) is 5. The topological polar surface area (TPSA) is 76.1 Å². The fraction of sp³-hybridized carbons (Fsp3) is 0.385. The van der Waals surface area contributed by atoms with Crippen molar-refractivity contribution in [2.45, 2.75) is 18.2 Å². The first-order chi connectivity index (χ1) is 9.08. The van der Waals surface area contributed by atoms with Gasteiger partial charge in [-0.3, -0.25) is 4.79 Å². The summed E-state index contributed by atoms with van der Waals surface area (Å²) in [5.41, 5.74) is 6.42. The van der Waals surface area contributed by atoms with Crippen molar-refractivity contribution in [3.63, 3.8) is 0 Å². The summed E-state index contributed by atoms with van der Waals surface area (Å²) in [6.45, 7) is 0. The Morgan fingerprint density at radius 3 is 2.95 bits per heavy atom. The largest absolute Gasteiger partial charge is 0.468 e. The Hall–Kier alpha value is -1.58. The normalized spacial score (nSPS) is 11.7. The summed E-state index contributed by atoms with van der Waals surface area (Å²) in [5, 5.41) is 8.62. The number of esters is 1. The first kappa shape index (κ1) is 15.5. The highest BCUT2D eigenvalue weighted by atomic mass is 32.2. The van der Waals surface area contributed by atoms with Gasteiger partial charge in [0.25, 0.3) is 0 Å². The van der Waals surface area contributed by atoms with Crippen molar-refractivity contribution in [3.8, 4) is 6.07 Å². The zero-order valence-corrected chi connectivity index (χ0v) is 11.4. The van der Waals surface area contributed by atoms with Gasteiger partial charge in [0.05, 0.1) is 18.7 Å². The van der Waals surface area contributed by atoms with Crippen LogP contribution in [0.25, 0.3) is 0 Å². The van der Waals surface area contributed by atoms with E-state index in [1.165, 1.54) is 24.9 Å².